The van der Waals surface area contributed by atoms with E-state index in [2.05, 4.69) is 27.5 Å². The molecule has 2 atom stereocenters. The minimum Gasteiger partial charge on any atom is -0.349 e. The highest BCUT2D eigenvalue weighted by Crippen LogP contribution is 2.28. The third kappa shape index (κ3) is 3.29. The molecule has 0 heterocycles. The Labute approximate surface area is 121 Å². The molecule has 98 valence electrons. The summed E-state index contributed by atoms with van der Waals surface area (Å²) < 4.78 is 0.951. The lowest BCUT2D eigenvalue weighted by atomic mass is 10.1. The van der Waals surface area contributed by atoms with Gasteiger partial charge in [-0.2, -0.15) is 11.8 Å². The van der Waals surface area contributed by atoms with Gasteiger partial charge in [-0.3, -0.25) is 4.79 Å². The van der Waals surface area contributed by atoms with Crippen LogP contribution in [0.15, 0.2) is 22.7 Å². The zero-order chi connectivity index (χ0) is 13.1. The van der Waals surface area contributed by atoms with Crippen LogP contribution in [0.5, 0.6) is 0 Å². The average Bonchev–Trinajstić information content (AvgIpc) is 2.80. The van der Waals surface area contributed by atoms with Gasteiger partial charge in [0.25, 0.3) is 5.91 Å². The summed E-state index contributed by atoms with van der Waals surface area (Å²) in [5.41, 5.74) is 1.80. The number of hydrogen-bond acceptors (Lipinski definition) is 2. The zero-order valence-electron chi connectivity index (χ0n) is 10.7. The van der Waals surface area contributed by atoms with E-state index in [4.69, 9.17) is 0 Å². The van der Waals surface area contributed by atoms with Crippen molar-refractivity contribution in [3.05, 3.63) is 33.8 Å². The molecule has 2 rings (SSSR count). The van der Waals surface area contributed by atoms with E-state index in [1.54, 1.807) is 0 Å². The van der Waals surface area contributed by atoms with Crippen LogP contribution < -0.4 is 5.32 Å². The van der Waals surface area contributed by atoms with Crippen molar-refractivity contribution < 1.29 is 4.79 Å². The molecule has 1 aromatic carbocycles. The van der Waals surface area contributed by atoms with Gasteiger partial charge in [0.2, 0.25) is 0 Å². The molecule has 0 bridgehead atoms. The average molecular weight is 328 g/mol. The number of hydrogen-bond donors (Lipinski definition) is 1. The molecular weight excluding hydrogens is 310 g/mol. The molecule has 1 aromatic rings. The highest BCUT2D eigenvalue weighted by molar-refractivity contribution is 9.10. The molecular formula is C14H18BrNOS. The summed E-state index contributed by atoms with van der Waals surface area (Å²) in [4.78, 5) is 12.2. The van der Waals surface area contributed by atoms with E-state index < -0.39 is 0 Å². The molecule has 1 fully saturated rings. The van der Waals surface area contributed by atoms with Gasteiger partial charge in [-0.1, -0.05) is 22.0 Å². The van der Waals surface area contributed by atoms with E-state index in [0.717, 1.165) is 28.4 Å². The standard InChI is InChI=1S/C14H18BrNOS/c1-9-3-4-10(15)7-13(9)14(17)16-11-5-6-12(8-11)18-2/h3-4,7,11-12H,5-6,8H2,1-2H3,(H,16,17). The number of halogens is 1. The largest absolute Gasteiger partial charge is 0.349 e. The van der Waals surface area contributed by atoms with E-state index in [1.807, 2.05) is 36.9 Å². The molecule has 0 aromatic heterocycles. The first-order valence-corrected chi connectivity index (χ1v) is 8.28. The number of rotatable bonds is 3. The lowest BCUT2D eigenvalue weighted by Crippen LogP contribution is -2.33. The second-order valence-corrected chi connectivity index (χ2v) is 6.85. The van der Waals surface area contributed by atoms with Crippen molar-refractivity contribution in [1.29, 1.82) is 0 Å². The second kappa shape index (κ2) is 6.11. The monoisotopic (exact) mass is 327 g/mol. The SMILES string of the molecule is CSC1CCC(NC(=O)c2cc(Br)ccc2C)C1. The van der Waals surface area contributed by atoms with Gasteiger partial charge in [-0.05, 0) is 50.1 Å². The molecule has 0 radical (unpaired) electrons. The predicted molar refractivity (Wildman–Crippen MR) is 81.3 cm³/mol. The molecule has 18 heavy (non-hydrogen) atoms. The van der Waals surface area contributed by atoms with Gasteiger partial charge in [0.15, 0.2) is 0 Å². The Kier molecular flexibility index (Phi) is 4.73. The number of carbonyl (C=O) groups is 1. The fraction of sp³-hybridized carbons (Fsp3) is 0.500. The fourth-order valence-corrected chi connectivity index (χ4v) is 3.54. The van der Waals surface area contributed by atoms with Crippen LogP contribution in [0.25, 0.3) is 0 Å². The third-order valence-electron chi connectivity index (χ3n) is 3.50. The normalized spacial score (nSPS) is 23.1. The van der Waals surface area contributed by atoms with Gasteiger partial charge >= 0.3 is 0 Å². The van der Waals surface area contributed by atoms with Crippen molar-refractivity contribution in [3.8, 4) is 0 Å². The number of amides is 1. The number of carbonyl (C=O) groups excluding carboxylic acids is 1. The van der Waals surface area contributed by atoms with E-state index in [1.165, 1.54) is 6.42 Å². The van der Waals surface area contributed by atoms with Crippen molar-refractivity contribution in [2.45, 2.75) is 37.5 Å². The Hall–Kier alpha value is -0.480. The van der Waals surface area contributed by atoms with E-state index >= 15 is 0 Å². The number of nitrogens with one attached hydrogen (secondary N) is 1. The van der Waals surface area contributed by atoms with Crippen LogP contribution in [0.2, 0.25) is 0 Å². The van der Waals surface area contributed by atoms with E-state index in [0.29, 0.717) is 11.3 Å². The maximum atomic E-state index is 12.2. The third-order valence-corrected chi connectivity index (χ3v) is 5.09. The summed E-state index contributed by atoms with van der Waals surface area (Å²) in [6.07, 6.45) is 5.56. The minimum atomic E-state index is 0.0561. The fourth-order valence-electron chi connectivity index (χ4n) is 2.39. The van der Waals surface area contributed by atoms with Crippen molar-refractivity contribution in [2.24, 2.45) is 0 Å². The van der Waals surface area contributed by atoms with Crippen LogP contribution >= 0.6 is 27.7 Å². The van der Waals surface area contributed by atoms with Crippen LogP contribution in [0.3, 0.4) is 0 Å². The Morgan fingerprint density at radius 1 is 1.44 bits per heavy atom. The van der Waals surface area contributed by atoms with Crippen LogP contribution in [0, 0.1) is 6.92 Å². The quantitative estimate of drug-likeness (QED) is 0.915. The van der Waals surface area contributed by atoms with Gasteiger partial charge in [0.1, 0.15) is 0 Å². The first-order chi connectivity index (χ1) is 8.60. The van der Waals surface area contributed by atoms with E-state index in [-0.39, 0.29) is 5.91 Å². The summed E-state index contributed by atoms with van der Waals surface area (Å²) in [5.74, 6) is 0.0561. The molecule has 0 spiro atoms. The van der Waals surface area contributed by atoms with Crippen molar-refractivity contribution in [1.82, 2.24) is 5.32 Å². The van der Waals surface area contributed by atoms with Crippen molar-refractivity contribution in [2.75, 3.05) is 6.26 Å². The lowest BCUT2D eigenvalue weighted by molar-refractivity contribution is 0.0937. The maximum Gasteiger partial charge on any atom is 0.251 e. The zero-order valence-corrected chi connectivity index (χ0v) is 13.1. The van der Waals surface area contributed by atoms with Crippen LogP contribution in [-0.4, -0.2) is 23.5 Å². The lowest BCUT2D eigenvalue weighted by Gasteiger charge is -2.14. The van der Waals surface area contributed by atoms with Crippen molar-refractivity contribution in [3.63, 3.8) is 0 Å². The summed E-state index contributed by atoms with van der Waals surface area (Å²) in [6.45, 7) is 1.97. The summed E-state index contributed by atoms with van der Waals surface area (Å²) in [6, 6.07) is 6.17. The van der Waals surface area contributed by atoms with E-state index in [9.17, 15) is 4.79 Å². The highest BCUT2D eigenvalue weighted by Gasteiger charge is 2.25. The molecule has 0 saturated heterocycles. The second-order valence-electron chi connectivity index (χ2n) is 4.80. The maximum absolute atomic E-state index is 12.2. The topological polar surface area (TPSA) is 29.1 Å². The number of benzene rings is 1. The smallest absolute Gasteiger partial charge is 0.251 e. The number of aryl methyl sites for hydroxylation is 1. The van der Waals surface area contributed by atoms with Gasteiger partial charge in [0.05, 0.1) is 0 Å². The molecule has 0 aliphatic heterocycles. The highest BCUT2D eigenvalue weighted by atomic mass is 79.9. The Morgan fingerprint density at radius 2 is 2.22 bits per heavy atom. The van der Waals surface area contributed by atoms with Crippen LogP contribution in [0.1, 0.15) is 35.2 Å². The minimum absolute atomic E-state index is 0.0561. The van der Waals surface area contributed by atoms with Gasteiger partial charge in [0, 0.05) is 21.3 Å². The molecule has 2 nitrogen and oxygen atoms in total. The number of thioether (sulfide) groups is 1. The molecule has 1 N–H and O–H groups in total. The molecule has 1 amide bonds. The molecule has 1 aliphatic rings. The predicted octanol–water partition coefficient (Wildman–Crippen LogP) is 3.77. The molecule has 1 saturated carbocycles. The molecule has 1 aliphatic carbocycles. The Morgan fingerprint density at radius 3 is 2.89 bits per heavy atom. The first-order valence-electron chi connectivity index (χ1n) is 6.20. The van der Waals surface area contributed by atoms with Crippen LogP contribution in [-0.2, 0) is 0 Å². The van der Waals surface area contributed by atoms with Gasteiger partial charge < -0.3 is 5.32 Å². The Bertz CT molecular complexity index is 449. The molecule has 4 heteroatoms. The summed E-state index contributed by atoms with van der Waals surface area (Å²) in [5, 5.41) is 3.86. The van der Waals surface area contributed by atoms with Gasteiger partial charge in [-0.15, -0.1) is 0 Å². The summed E-state index contributed by atoms with van der Waals surface area (Å²) in [7, 11) is 0. The van der Waals surface area contributed by atoms with Crippen LogP contribution in [0.4, 0.5) is 0 Å². The Balaban J connectivity index is 2.02. The first kappa shape index (κ1) is 13.9. The molecule has 2 unspecified atom stereocenters. The van der Waals surface area contributed by atoms with Crippen molar-refractivity contribution >= 4 is 33.6 Å². The summed E-state index contributed by atoms with van der Waals surface area (Å²) >= 11 is 5.32. The van der Waals surface area contributed by atoms with Gasteiger partial charge in [-0.25, -0.2) is 0 Å².